The van der Waals surface area contributed by atoms with E-state index in [4.69, 9.17) is 4.99 Å². The quantitative estimate of drug-likeness (QED) is 0.801. The maximum atomic E-state index is 5.08. The molecule has 4 nitrogen and oxygen atoms in total. The van der Waals surface area contributed by atoms with Crippen LogP contribution in [0.5, 0.6) is 0 Å². The Morgan fingerprint density at radius 2 is 2.12 bits per heavy atom. The van der Waals surface area contributed by atoms with Crippen molar-refractivity contribution in [2.45, 2.75) is 46.7 Å². The Balaban J connectivity index is 2.22. The van der Waals surface area contributed by atoms with Crippen molar-refractivity contribution in [3.05, 3.63) is 41.7 Å². The number of nitrogens with zero attached hydrogens (tertiary/aromatic N) is 3. The molecule has 0 saturated carbocycles. The van der Waals surface area contributed by atoms with Gasteiger partial charge in [0, 0.05) is 49.9 Å². The summed E-state index contributed by atoms with van der Waals surface area (Å²) in [5.41, 5.74) is 6.09. The largest absolute Gasteiger partial charge is 0.384 e. The summed E-state index contributed by atoms with van der Waals surface area (Å²) in [5, 5.41) is 4.80. The van der Waals surface area contributed by atoms with Crippen LogP contribution in [0.25, 0.3) is 10.9 Å². The molecule has 4 heteroatoms. The van der Waals surface area contributed by atoms with Crippen molar-refractivity contribution in [1.29, 1.82) is 0 Å². The van der Waals surface area contributed by atoms with Gasteiger partial charge in [-0.25, -0.2) is 0 Å². The van der Waals surface area contributed by atoms with Crippen molar-refractivity contribution in [3.63, 3.8) is 0 Å². The number of hydrogen-bond donors (Lipinski definition) is 1. The Morgan fingerprint density at radius 1 is 1.32 bits per heavy atom. The van der Waals surface area contributed by atoms with Gasteiger partial charge in [-0.1, -0.05) is 25.1 Å². The van der Waals surface area contributed by atoms with E-state index in [9.17, 15) is 0 Å². The number of likely N-dealkylation sites (N-methyl/N-ethyl adjacent to an activating group) is 2. The van der Waals surface area contributed by atoms with Crippen LogP contribution < -0.4 is 10.2 Å². The molecular formula is C21H30N4. The monoisotopic (exact) mass is 338 g/mol. The molecule has 1 aromatic carbocycles. The van der Waals surface area contributed by atoms with E-state index in [0.717, 1.165) is 37.5 Å². The topological polar surface area (TPSA) is 32.6 Å². The van der Waals surface area contributed by atoms with Crippen LogP contribution in [0, 0.1) is 0 Å². The van der Waals surface area contributed by atoms with Crippen molar-refractivity contribution in [3.8, 4) is 0 Å². The second kappa shape index (κ2) is 7.34. The molecule has 2 aromatic rings. The van der Waals surface area contributed by atoms with Crippen LogP contribution in [-0.4, -0.2) is 36.5 Å². The van der Waals surface area contributed by atoms with Gasteiger partial charge < -0.3 is 14.8 Å². The Bertz CT molecular complexity index is 813. The Hall–Kier alpha value is -2.23. The summed E-state index contributed by atoms with van der Waals surface area (Å²) in [4.78, 5) is 7.43. The van der Waals surface area contributed by atoms with Gasteiger partial charge in [-0.2, -0.15) is 0 Å². The third kappa shape index (κ3) is 3.17. The molecule has 3 rings (SSSR count). The van der Waals surface area contributed by atoms with Crippen molar-refractivity contribution in [1.82, 2.24) is 9.88 Å². The molecule has 0 bridgehead atoms. The van der Waals surface area contributed by atoms with Crippen molar-refractivity contribution < 1.29 is 0 Å². The highest BCUT2D eigenvalue weighted by Crippen LogP contribution is 2.34. The molecule has 0 amide bonds. The Morgan fingerprint density at radius 3 is 2.80 bits per heavy atom. The Kier molecular flexibility index (Phi) is 5.16. The smallest absolute Gasteiger partial charge is 0.0899 e. The van der Waals surface area contributed by atoms with Crippen LogP contribution >= 0.6 is 0 Å². The zero-order valence-corrected chi connectivity index (χ0v) is 16.1. The number of hydrogen-bond acceptors (Lipinski definition) is 3. The highest BCUT2D eigenvalue weighted by atomic mass is 15.2. The summed E-state index contributed by atoms with van der Waals surface area (Å²) in [5.74, 6) is 0. The van der Waals surface area contributed by atoms with Crippen LogP contribution in [-0.2, 0) is 6.54 Å². The minimum Gasteiger partial charge on any atom is -0.384 e. The summed E-state index contributed by atoms with van der Waals surface area (Å²) >= 11 is 0. The molecule has 1 aliphatic rings. The fraction of sp³-hybridized carbons (Fsp3) is 0.476. The van der Waals surface area contributed by atoms with E-state index in [0.29, 0.717) is 6.04 Å². The van der Waals surface area contributed by atoms with Crippen molar-refractivity contribution >= 4 is 22.3 Å². The van der Waals surface area contributed by atoms with Gasteiger partial charge >= 0.3 is 0 Å². The van der Waals surface area contributed by atoms with E-state index in [1.165, 1.54) is 22.2 Å². The zero-order valence-electron chi connectivity index (χ0n) is 16.1. The molecule has 0 spiro atoms. The van der Waals surface area contributed by atoms with Gasteiger partial charge in [-0.3, -0.25) is 4.99 Å². The first-order chi connectivity index (χ1) is 12.1. The van der Waals surface area contributed by atoms with E-state index >= 15 is 0 Å². The highest BCUT2D eigenvalue weighted by Gasteiger charge is 2.22. The number of para-hydroxylation sites is 1. The molecule has 2 heterocycles. The second-order valence-corrected chi connectivity index (χ2v) is 6.80. The fourth-order valence-electron chi connectivity index (χ4n) is 3.50. The van der Waals surface area contributed by atoms with Gasteiger partial charge in [0.1, 0.15) is 0 Å². The molecule has 1 aliphatic heterocycles. The summed E-state index contributed by atoms with van der Waals surface area (Å²) in [6, 6.07) is 6.91. The van der Waals surface area contributed by atoms with Crippen LogP contribution in [0.4, 0.5) is 5.69 Å². The molecule has 25 heavy (non-hydrogen) atoms. The number of rotatable bonds is 6. The van der Waals surface area contributed by atoms with Gasteiger partial charge in [-0.15, -0.1) is 0 Å². The third-order valence-electron chi connectivity index (χ3n) is 5.07. The molecule has 0 saturated heterocycles. The van der Waals surface area contributed by atoms with E-state index in [1.54, 1.807) is 0 Å². The van der Waals surface area contributed by atoms with Gasteiger partial charge in [-0.05, 0) is 33.3 Å². The van der Waals surface area contributed by atoms with Crippen LogP contribution in [0.2, 0.25) is 0 Å². The fourth-order valence-corrected chi connectivity index (χ4v) is 3.50. The number of anilines is 1. The summed E-state index contributed by atoms with van der Waals surface area (Å²) in [6.45, 7) is 11.6. The standard InChI is InChI=1S/C21H30N4/c1-6-15(4)23-20(18(7-2)22-8-3)17-14-25-13-12-24(5)19-11-9-10-16(17)21(19)25/h7,9-11,14-15,22H,6,8,12-13H2,1-5H3/b18-7+,23-20-. The first-order valence-corrected chi connectivity index (χ1v) is 9.42. The lowest BCUT2D eigenvalue weighted by Gasteiger charge is -2.26. The van der Waals surface area contributed by atoms with Gasteiger partial charge in [0.15, 0.2) is 0 Å². The average molecular weight is 338 g/mol. The predicted molar refractivity (Wildman–Crippen MR) is 109 cm³/mol. The molecule has 0 fully saturated rings. The van der Waals surface area contributed by atoms with E-state index in [-0.39, 0.29) is 0 Å². The number of aliphatic imine (C=N–C) groups is 1. The molecule has 0 aliphatic carbocycles. The number of nitrogens with one attached hydrogen (secondary N) is 1. The molecular weight excluding hydrogens is 308 g/mol. The minimum atomic E-state index is 0.304. The molecule has 1 atom stereocenters. The number of allylic oxidation sites excluding steroid dienone is 2. The number of benzene rings is 1. The number of aromatic nitrogens is 1. The van der Waals surface area contributed by atoms with Crippen LogP contribution in [0.15, 0.2) is 41.2 Å². The van der Waals surface area contributed by atoms with Crippen LogP contribution in [0.1, 0.15) is 39.7 Å². The minimum absolute atomic E-state index is 0.304. The lowest BCUT2D eigenvalue weighted by atomic mass is 10.0. The highest BCUT2D eigenvalue weighted by molar-refractivity contribution is 6.20. The SMILES string of the molecule is C/C=C(NCC)\C(=N/C(C)CC)c1cn2c3c(cccc13)N(C)CC2. The summed E-state index contributed by atoms with van der Waals surface area (Å²) in [7, 11) is 2.18. The lowest BCUT2D eigenvalue weighted by molar-refractivity contribution is 0.684. The second-order valence-electron chi connectivity index (χ2n) is 6.80. The van der Waals surface area contributed by atoms with Gasteiger partial charge in [0.05, 0.1) is 22.6 Å². The summed E-state index contributed by atoms with van der Waals surface area (Å²) < 4.78 is 2.39. The summed E-state index contributed by atoms with van der Waals surface area (Å²) in [6.07, 6.45) is 5.48. The van der Waals surface area contributed by atoms with Crippen molar-refractivity contribution in [2.75, 3.05) is 25.0 Å². The lowest BCUT2D eigenvalue weighted by Crippen LogP contribution is -2.26. The van der Waals surface area contributed by atoms with Crippen LogP contribution in [0.3, 0.4) is 0 Å². The van der Waals surface area contributed by atoms with E-state index < -0.39 is 0 Å². The molecule has 1 aromatic heterocycles. The Labute approximate surface area is 151 Å². The third-order valence-corrected chi connectivity index (χ3v) is 5.07. The van der Waals surface area contributed by atoms with Crippen molar-refractivity contribution in [2.24, 2.45) is 4.99 Å². The van der Waals surface area contributed by atoms with E-state index in [2.05, 4.69) is 80.0 Å². The normalized spacial score (nSPS) is 16.4. The molecule has 1 unspecified atom stereocenters. The maximum Gasteiger partial charge on any atom is 0.0899 e. The van der Waals surface area contributed by atoms with Gasteiger partial charge in [0.2, 0.25) is 0 Å². The molecule has 0 radical (unpaired) electrons. The van der Waals surface area contributed by atoms with E-state index in [1.807, 2.05) is 0 Å². The molecule has 134 valence electrons. The maximum absolute atomic E-state index is 5.08. The van der Waals surface area contributed by atoms with Gasteiger partial charge in [0.25, 0.3) is 0 Å². The average Bonchev–Trinajstić information content (AvgIpc) is 3.01. The predicted octanol–water partition coefficient (Wildman–Crippen LogP) is 4.19. The first-order valence-electron chi connectivity index (χ1n) is 9.42. The first kappa shape index (κ1) is 17.6. The molecule has 1 N–H and O–H groups in total. The zero-order chi connectivity index (χ0) is 18.0.